The number of halogens is 1. The van der Waals surface area contributed by atoms with Crippen LogP contribution in [-0.2, 0) is 4.79 Å². The summed E-state index contributed by atoms with van der Waals surface area (Å²) in [7, 11) is 0. The maximum absolute atomic E-state index is 14.3. The number of pyridine rings is 1. The third kappa shape index (κ3) is 5.38. The lowest BCUT2D eigenvalue weighted by molar-refractivity contribution is -0.121. The minimum Gasteiger partial charge on any atom is -0.382 e. The fraction of sp³-hybridized carbons (Fsp3) is 0.182. The van der Waals surface area contributed by atoms with E-state index in [4.69, 9.17) is 0 Å². The van der Waals surface area contributed by atoms with Gasteiger partial charge in [-0.05, 0) is 29.3 Å². The Labute approximate surface area is 158 Å². The van der Waals surface area contributed by atoms with Gasteiger partial charge in [0.15, 0.2) is 0 Å². The van der Waals surface area contributed by atoms with Gasteiger partial charge in [0, 0.05) is 37.8 Å². The predicted molar refractivity (Wildman–Crippen MR) is 105 cm³/mol. The fourth-order valence-electron chi connectivity index (χ4n) is 2.98. The fourth-order valence-corrected chi connectivity index (χ4v) is 2.98. The van der Waals surface area contributed by atoms with Gasteiger partial charge < -0.3 is 10.6 Å². The van der Waals surface area contributed by atoms with Crippen molar-refractivity contribution in [2.45, 2.75) is 12.3 Å². The van der Waals surface area contributed by atoms with Crippen molar-refractivity contribution in [1.82, 2.24) is 10.3 Å². The molecule has 0 aliphatic carbocycles. The zero-order chi connectivity index (χ0) is 18.9. The van der Waals surface area contributed by atoms with Gasteiger partial charge in [-0.25, -0.2) is 4.39 Å². The van der Waals surface area contributed by atoms with E-state index < -0.39 is 0 Å². The Balaban J connectivity index is 1.60. The van der Waals surface area contributed by atoms with Crippen LogP contribution in [-0.4, -0.2) is 24.0 Å². The van der Waals surface area contributed by atoms with E-state index in [9.17, 15) is 9.18 Å². The van der Waals surface area contributed by atoms with Gasteiger partial charge in [0.25, 0.3) is 0 Å². The van der Waals surface area contributed by atoms with Crippen molar-refractivity contribution in [2.24, 2.45) is 0 Å². The van der Waals surface area contributed by atoms with Crippen LogP contribution in [0.15, 0.2) is 79.1 Å². The number of anilines is 1. The summed E-state index contributed by atoms with van der Waals surface area (Å²) in [6.07, 6.45) is 3.63. The Morgan fingerprint density at radius 1 is 0.963 bits per heavy atom. The van der Waals surface area contributed by atoms with Gasteiger partial charge in [0.2, 0.25) is 5.91 Å². The summed E-state index contributed by atoms with van der Waals surface area (Å²) in [6.45, 7) is 1.07. The van der Waals surface area contributed by atoms with Crippen LogP contribution in [0.4, 0.5) is 10.1 Å². The number of hydrogen-bond acceptors (Lipinski definition) is 3. The molecule has 0 saturated carbocycles. The highest BCUT2D eigenvalue weighted by atomic mass is 19.1. The highest BCUT2D eigenvalue weighted by Gasteiger charge is 2.20. The number of rotatable bonds is 8. The van der Waals surface area contributed by atoms with Crippen molar-refractivity contribution < 1.29 is 9.18 Å². The van der Waals surface area contributed by atoms with E-state index in [0.717, 1.165) is 11.3 Å². The molecular formula is C22H22FN3O. The van der Waals surface area contributed by atoms with Gasteiger partial charge >= 0.3 is 0 Å². The number of hydrogen-bond donors (Lipinski definition) is 2. The van der Waals surface area contributed by atoms with Gasteiger partial charge in [-0.1, -0.05) is 48.5 Å². The van der Waals surface area contributed by atoms with E-state index in [1.165, 1.54) is 6.07 Å². The molecule has 4 nitrogen and oxygen atoms in total. The number of carbonyl (C=O) groups is 1. The van der Waals surface area contributed by atoms with Crippen molar-refractivity contribution >= 4 is 11.6 Å². The number of nitrogens with zero attached hydrogens (tertiary/aromatic N) is 1. The smallest absolute Gasteiger partial charge is 0.221 e. The van der Waals surface area contributed by atoms with E-state index in [0.29, 0.717) is 18.7 Å². The topological polar surface area (TPSA) is 54.0 Å². The van der Waals surface area contributed by atoms with Gasteiger partial charge in [0.05, 0.1) is 5.69 Å². The van der Waals surface area contributed by atoms with Gasteiger partial charge in [-0.3, -0.25) is 9.78 Å². The Hall–Kier alpha value is -3.21. The normalized spacial score (nSPS) is 11.6. The second-order valence-corrected chi connectivity index (χ2v) is 6.21. The summed E-state index contributed by atoms with van der Waals surface area (Å²) >= 11 is 0. The number of carbonyl (C=O) groups excluding carboxylic acids is 1. The van der Waals surface area contributed by atoms with E-state index >= 15 is 0 Å². The number of amides is 1. The minimum absolute atomic E-state index is 0.111. The zero-order valence-corrected chi connectivity index (χ0v) is 14.9. The van der Waals surface area contributed by atoms with Crippen LogP contribution in [0.2, 0.25) is 0 Å². The molecule has 1 aromatic heterocycles. The minimum atomic E-state index is -0.321. The molecule has 0 radical (unpaired) electrons. The van der Waals surface area contributed by atoms with Crippen molar-refractivity contribution in [2.75, 3.05) is 18.4 Å². The molecule has 0 unspecified atom stereocenters. The first-order chi connectivity index (χ1) is 13.2. The SMILES string of the molecule is O=C(C[C@@H](c1ccccc1)c1ccccc1F)NCCNc1cccnc1. The van der Waals surface area contributed by atoms with E-state index in [1.54, 1.807) is 30.6 Å². The summed E-state index contributed by atoms with van der Waals surface area (Å²) in [5, 5.41) is 6.09. The Morgan fingerprint density at radius 3 is 2.48 bits per heavy atom. The molecule has 0 fully saturated rings. The molecule has 0 bridgehead atoms. The van der Waals surface area contributed by atoms with Crippen LogP contribution in [0.5, 0.6) is 0 Å². The van der Waals surface area contributed by atoms with Crippen LogP contribution in [0.1, 0.15) is 23.5 Å². The van der Waals surface area contributed by atoms with Crippen LogP contribution < -0.4 is 10.6 Å². The molecule has 3 aromatic rings. The first kappa shape index (κ1) is 18.6. The average molecular weight is 363 g/mol. The zero-order valence-electron chi connectivity index (χ0n) is 14.9. The largest absolute Gasteiger partial charge is 0.382 e. The molecule has 1 atom stereocenters. The van der Waals surface area contributed by atoms with E-state index in [-0.39, 0.29) is 24.1 Å². The molecule has 0 aliphatic rings. The second-order valence-electron chi connectivity index (χ2n) is 6.21. The lowest BCUT2D eigenvalue weighted by atomic mass is 9.88. The van der Waals surface area contributed by atoms with Crippen molar-refractivity contribution in [1.29, 1.82) is 0 Å². The molecule has 138 valence electrons. The molecule has 0 spiro atoms. The Morgan fingerprint density at radius 2 is 1.74 bits per heavy atom. The van der Waals surface area contributed by atoms with Crippen molar-refractivity contribution in [3.63, 3.8) is 0 Å². The average Bonchev–Trinajstić information content (AvgIpc) is 2.71. The molecule has 27 heavy (non-hydrogen) atoms. The quantitative estimate of drug-likeness (QED) is 0.596. The van der Waals surface area contributed by atoms with Crippen molar-refractivity contribution in [3.05, 3.63) is 96.1 Å². The van der Waals surface area contributed by atoms with Crippen LogP contribution in [0.3, 0.4) is 0 Å². The molecule has 0 aliphatic heterocycles. The van der Waals surface area contributed by atoms with Gasteiger partial charge in [0.1, 0.15) is 5.82 Å². The van der Waals surface area contributed by atoms with Crippen LogP contribution >= 0.6 is 0 Å². The molecule has 1 heterocycles. The molecular weight excluding hydrogens is 341 g/mol. The molecule has 3 rings (SSSR count). The van der Waals surface area contributed by atoms with E-state index in [1.807, 2.05) is 42.5 Å². The van der Waals surface area contributed by atoms with Gasteiger partial charge in [-0.2, -0.15) is 0 Å². The summed E-state index contributed by atoms with van der Waals surface area (Å²) < 4.78 is 14.3. The Bertz CT molecular complexity index is 856. The second kappa shape index (κ2) is 9.48. The first-order valence-corrected chi connectivity index (χ1v) is 8.94. The lowest BCUT2D eigenvalue weighted by Gasteiger charge is -2.18. The molecule has 5 heteroatoms. The maximum Gasteiger partial charge on any atom is 0.221 e. The van der Waals surface area contributed by atoms with E-state index in [2.05, 4.69) is 15.6 Å². The number of benzene rings is 2. The molecule has 0 saturated heterocycles. The standard InChI is InChI=1S/C22H22FN3O/c23-21-11-5-4-10-19(21)20(17-7-2-1-3-8-17)15-22(27)26-14-13-25-18-9-6-12-24-16-18/h1-12,16,20,25H,13-15H2,(H,26,27)/t20-/m0/s1. The molecule has 2 aromatic carbocycles. The highest BCUT2D eigenvalue weighted by molar-refractivity contribution is 5.77. The summed E-state index contributed by atoms with van der Waals surface area (Å²) in [5.41, 5.74) is 2.36. The molecule has 2 N–H and O–H groups in total. The monoisotopic (exact) mass is 363 g/mol. The highest BCUT2D eigenvalue weighted by Crippen LogP contribution is 2.29. The van der Waals surface area contributed by atoms with Crippen LogP contribution in [0, 0.1) is 5.82 Å². The van der Waals surface area contributed by atoms with Crippen LogP contribution in [0.25, 0.3) is 0 Å². The van der Waals surface area contributed by atoms with Gasteiger partial charge in [-0.15, -0.1) is 0 Å². The Kier molecular flexibility index (Phi) is 6.52. The summed E-state index contributed by atoms with van der Waals surface area (Å²) in [4.78, 5) is 16.5. The third-order valence-electron chi connectivity index (χ3n) is 4.31. The number of aromatic nitrogens is 1. The lowest BCUT2D eigenvalue weighted by Crippen LogP contribution is -2.30. The molecule has 1 amide bonds. The third-order valence-corrected chi connectivity index (χ3v) is 4.31. The maximum atomic E-state index is 14.3. The van der Waals surface area contributed by atoms with Crippen molar-refractivity contribution in [3.8, 4) is 0 Å². The predicted octanol–water partition coefficient (Wildman–Crippen LogP) is 3.97. The first-order valence-electron chi connectivity index (χ1n) is 8.94. The number of nitrogens with one attached hydrogen (secondary N) is 2. The summed E-state index contributed by atoms with van der Waals surface area (Å²) in [6, 6.07) is 19.9. The summed E-state index contributed by atoms with van der Waals surface area (Å²) in [5.74, 6) is -0.726.